The molecule has 0 radical (unpaired) electrons. The minimum Gasteiger partial charge on any atom is -0.379 e. The molecule has 3 heterocycles. The van der Waals surface area contributed by atoms with E-state index in [1.165, 1.54) is 0 Å². The highest BCUT2D eigenvalue weighted by Gasteiger charge is 2.30. The zero-order chi connectivity index (χ0) is 16.1. The highest BCUT2D eigenvalue weighted by atomic mass is 16.5. The van der Waals surface area contributed by atoms with Crippen LogP contribution in [0.2, 0.25) is 0 Å². The van der Waals surface area contributed by atoms with Crippen LogP contribution in [0, 0.1) is 0 Å². The summed E-state index contributed by atoms with van der Waals surface area (Å²) in [6.07, 6.45) is 2.99. The molecule has 0 bridgehead atoms. The number of rotatable bonds is 5. The third-order valence-corrected chi connectivity index (χ3v) is 4.59. The molecule has 7 heteroatoms. The van der Waals surface area contributed by atoms with Crippen molar-refractivity contribution in [2.45, 2.75) is 38.8 Å². The van der Waals surface area contributed by atoms with Gasteiger partial charge in [0.2, 0.25) is 0 Å². The quantitative estimate of drug-likeness (QED) is 0.883. The first kappa shape index (κ1) is 16.3. The lowest BCUT2D eigenvalue weighted by Crippen LogP contribution is -2.49. The Bertz CT molecular complexity index is 513. The maximum absolute atomic E-state index is 12.5. The summed E-state index contributed by atoms with van der Waals surface area (Å²) < 4.78 is 10.6. The van der Waals surface area contributed by atoms with Gasteiger partial charge >= 0.3 is 6.03 Å². The Morgan fingerprint density at radius 3 is 2.96 bits per heavy atom. The lowest BCUT2D eigenvalue weighted by atomic mass is 10.2. The van der Waals surface area contributed by atoms with Gasteiger partial charge in [0.1, 0.15) is 0 Å². The average molecular weight is 322 g/mol. The second kappa shape index (κ2) is 7.79. The second-order valence-corrected chi connectivity index (χ2v) is 6.20. The van der Waals surface area contributed by atoms with E-state index in [0.717, 1.165) is 64.3 Å². The van der Waals surface area contributed by atoms with Crippen LogP contribution < -0.4 is 5.32 Å². The van der Waals surface area contributed by atoms with Gasteiger partial charge in [0, 0.05) is 38.3 Å². The molecule has 1 aromatic heterocycles. The van der Waals surface area contributed by atoms with Crippen molar-refractivity contribution in [3.05, 3.63) is 17.5 Å². The van der Waals surface area contributed by atoms with E-state index in [1.807, 2.05) is 17.9 Å². The maximum atomic E-state index is 12.5. The number of urea groups is 1. The summed E-state index contributed by atoms with van der Waals surface area (Å²) in [7, 11) is 0. The van der Waals surface area contributed by atoms with Gasteiger partial charge in [0.05, 0.1) is 25.5 Å². The van der Waals surface area contributed by atoms with E-state index in [2.05, 4.69) is 15.4 Å². The predicted molar refractivity (Wildman–Crippen MR) is 85.1 cm³/mol. The molecule has 1 atom stereocenters. The minimum atomic E-state index is -0.00444. The molecule has 2 aliphatic heterocycles. The van der Waals surface area contributed by atoms with Crippen LogP contribution in [0.1, 0.15) is 31.2 Å². The van der Waals surface area contributed by atoms with Gasteiger partial charge < -0.3 is 19.5 Å². The summed E-state index contributed by atoms with van der Waals surface area (Å²) >= 11 is 0. The van der Waals surface area contributed by atoms with Crippen molar-refractivity contribution in [1.82, 2.24) is 20.3 Å². The average Bonchev–Trinajstić information content (AvgIpc) is 3.22. The molecule has 2 amide bonds. The van der Waals surface area contributed by atoms with Crippen molar-refractivity contribution >= 4 is 6.03 Å². The first-order valence-electron chi connectivity index (χ1n) is 8.55. The van der Waals surface area contributed by atoms with Gasteiger partial charge in [-0.2, -0.15) is 0 Å². The molecule has 2 aliphatic rings. The molecule has 3 rings (SSSR count). The summed E-state index contributed by atoms with van der Waals surface area (Å²) in [5.74, 6) is 0.708. The number of likely N-dealkylation sites (tertiary alicyclic amines) is 1. The van der Waals surface area contributed by atoms with Crippen molar-refractivity contribution < 1.29 is 14.1 Å². The zero-order valence-corrected chi connectivity index (χ0v) is 13.8. The Morgan fingerprint density at radius 2 is 2.22 bits per heavy atom. The lowest BCUT2D eigenvalue weighted by Gasteiger charge is -2.32. The maximum Gasteiger partial charge on any atom is 0.318 e. The number of morpholine rings is 1. The van der Waals surface area contributed by atoms with Crippen LogP contribution in [-0.4, -0.2) is 66.4 Å². The van der Waals surface area contributed by atoms with E-state index in [0.29, 0.717) is 18.3 Å². The number of aryl methyl sites for hydroxylation is 1. The van der Waals surface area contributed by atoms with E-state index >= 15 is 0 Å². The lowest BCUT2D eigenvalue weighted by molar-refractivity contribution is 0.0292. The number of hydrogen-bond acceptors (Lipinski definition) is 5. The van der Waals surface area contributed by atoms with Crippen molar-refractivity contribution in [2.24, 2.45) is 0 Å². The van der Waals surface area contributed by atoms with Gasteiger partial charge in [0.25, 0.3) is 0 Å². The van der Waals surface area contributed by atoms with Gasteiger partial charge in [-0.25, -0.2) is 4.79 Å². The van der Waals surface area contributed by atoms with E-state index in [9.17, 15) is 4.79 Å². The van der Waals surface area contributed by atoms with Crippen LogP contribution in [0.4, 0.5) is 4.79 Å². The molecule has 0 saturated carbocycles. The number of nitrogens with zero attached hydrogens (tertiary/aromatic N) is 3. The molecular formula is C16H26N4O3. The first-order valence-corrected chi connectivity index (χ1v) is 8.55. The number of carbonyl (C=O) groups excluding carboxylic acids is 1. The molecule has 23 heavy (non-hydrogen) atoms. The largest absolute Gasteiger partial charge is 0.379 e. The second-order valence-electron chi connectivity index (χ2n) is 6.20. The molecule has 2 saturated heterocycles. The molecule has 0 spiro atoms. The topological polar surface area (TPSA) is 70.8 Å². The summed E-state index contributed by atoms with van der Waals surface area (Å²) in [6, 6.07) is 2.19. The van der Waals surface area contributed by atoms with Crippen LogP contribution >= 0.6 is 0 Å². The standard InChI is InChI=1S/C16H26N4O3/c1-2-13-10-15(23-18-13)11-17-16(21)20-5-3-4-14(20)12-19-6-8-22-9-7-19/h10,14H,2-9,11-12H2,1H3,(H,17,21)/t14-/m1/s1. The summed E-state index contributed by atoms with van der Waals surface area (Å²) in [5.41, 5.74) is 0.917. The molecule has 0 unspecified atom stereocenters. The van der Waals surface area contributed by atoms with Crippen LogP contribution in [0.3, 0.4) is 0 Å². The normalized spacial score (nSPS) is 22.5. The summed E-state index contributed by atoms with van der Waals surface area (Å²) in [4.78, 5) is 16.8. The Kier molecular flexibility index (Phi) is 5.51. The molecule has 1 aromatic rings. The molecule has 2 fully saturated rings. The van der Waals surface area contributed by atoms with Crippen LogP contribution in [0.5, 0.6) is 0 Å². The van der Waals surface area contributed by atoms with E-state index in [1.54, 1.807) is 0 Å². The van der Waals surface area contributed by atoms with Crippen molar-refractivity contribution in [2.75, 3.05) is 39.4 Å². The third-order valence-electron chi connectivity index (χ3n) is 4.59. The first-order chi connectivity index (χ1) is 11.3. The Labute approximate surface area is 136 Å². The Hall–Kier alpha value is -1.60. The van der Waals surface area contributed by atoms with Crippen molar-refractivity contribution in [3.63, 3.8) is 0 Å². The molecule has 0 aliphatic carbocycles. The third kappa shape index (κ3) is 4.23. The SMILES string of the molecule is CCc1cc(CNC(=O)N2CCC[C@@H]2CN2CCOCC2)on1. The van der Waals surface area contributed by atoms with Crippen LogP contribution in [0.15, 0.2) is 10.6 Å². The number of aromatic nitrogens is 1. The number of carbonyl (C=O) groups is 1. The predicted octanol–water partition coefficient (Wildman–Crippen LogP) is 1.24. The fourth-order valence-corrected chi connectivity index (χ4v) is 3.24. The Balaban J connectivity index is 1.48. The monoisotopic (exact) mass is 322 g/mol. The van der Waals surface area contributed by atoms with Gasteiger partial charge in [0.15, 0.2) is 5.76 Å². The molecule has 0 aromatic carbocycles. The van der Waals surface area contributed by atoms with Gasteiger partial charge in [-0.05, 0) is 19.3 Å². The van der Waals surface area contributed by atoms with E-state index < -0.39 is 0 Å². The molecular weight excluding hydrogens is 296 g/mol. The number of nitrogens with one attached hydrogen (secondary N) is 1. The van der Waals surface area contributed by atoms with E-state index in [-0.39, 0.29) is 6.03 Å². The Morgan fingerprint density at radius 1 is 1.39 bits per heavy atom. The van der Waals surface area contributed by atoms with Crippen LogP contribution in [0.25, 0.3) is 0 Å². The smallest absolute Gasteiger partial charge is 0.318 e. The van der Waals surface area contributed by atoms with Crippen molar-refractivity contribution in [3.8, 4) is 0 Å². The summed E-state index contributed by atoms with van der Waals surface area (Å²) in [5, 5.41) is 6.90. The highest BCUT2D eigenvalue weighted by molar-refractivity contribution is 5.74. The van der Waals surface area contributed by atoms with Gasteiger partial charge in [-0.1, -0.05) is 12.1 Å². The van der Waals surface area contributed by atoms with Gasteiger partial charge in [-0.15, -0.1) is 0 Å². The van der Waals surface area contributed by atoms with Crippen molar-refractivity contribution in [1.29, 1.82) is 0 Å². The van der Waals surface area contributed by atoms with E-state index in [4.69, 9.17) is 9.26 Å². The molecule has 128 valence electrons. The zero-order valence-electron chi connectivity index (χ0n) is 13.8. The highest BCUT2D eigenvalue weighted by Crippen LogP contribution is 2.19. The number of amides is 2. The minimum absolute atomic E-state index is 0.00444. The van der Waals surface area contributed by atoms with Crippen LogP contribution in [-0.2, 0) is 17.7 Å². The van der Waals surface area contributed by atoms with Gasteiger partial charge in [-0.3, -0.25) is 4.90 Å². The molecule has 1 N–H and O–H groups in total. The fourth-order valence-electron chi connectivity index (χ4n) is 3.24. The number of hydrogen-bond donors (Lipinski definition) is 1. The molecule has 7 nitrogen and oxygen atoms in total. The fraction of sp³-hybridized carbons (Fsp3) is 0.750. The summed E-state index contributed by atoms with van der Waals surface area (Å²) in [6.45, 7) is 7.71. The number of ether oxygens (including phenoxy) is 1.